The van der Waals surface area contributed by atoms with Crippen LogP contribution in [0.3, 0.4) is 0 Å². The van der Waals surface area contributed by atoms with Crippen molar-refractivity contribution in [2.45, 2.75) is 31.1 Å². The van der Waals surface area contributed by atoms with Crippen LogP contribution >= 0.6 is 35.1 Å². The number of halogens is 3. The van der Waals surface area contributed by atoms with E-state index < -0.39 is 11.8 Å². The van der Waals surface area contributed by atoms with Gasteiger partial charge in [0.1, 0.15) is 23.1 Å². The lowest BCUT2D eigenvalue weighted by Crippen LogP contribution is -2.19. The maximum absolute atomic E-state index is 14.7. The van der Waals surface area contributed by atoms with Gasteiger partial charge in [-0.15, -0.1) is 0 Å². The van der Waals surface area contributed by atoms with Gasteiger partial charge in [-0.25, -0.2) is 9.38 Å². The Labute approximate surface area is 206 Å². The second kappa shape index (κ2) is 12.3. The third kappa shape index (κ3) is 7.92. The van der Waals surface area contributed by atoms with Gasteiger partial charge in [0.15, 0.2) is 0 Å². The van der Waals surface area contributed by atoms with Crippen molar-refractivity contribution in [3.8, 4) is 11.5 Å². The predicted octanol–water partition coefficient (Wildman–Crippen LogP) is 6.08. The molecule has 3 N–H and O–H groups in total. The number of carboxylic acid groups (broad SMARTS) is 1. The highest BCUT2D eigenvalue weighted by Gasteiger charge is 2.15. The topological polar surface area (TPSA) is 83.0 Å². The summed E-state index contributed by atoms with van der Waals surface area (Å²) in [5, 5.41) is 12.6. The van der Waals surface area contributed by atoms with Crippen molar-refractivity contribution in [2.75, 3.05) is 13.1 Å². The quantitative estimate of drug-likeness (QED) is 0.236. The molecular formula is C23H24Cl2FN3O3S. The van der Waals surface area contributed by atoms with Gasteiger partial charge in [0.25, 0.3) is 0 Å². The second-order valence-corrected chi connectivity index (χ2v) is 9.15. The minimum atomic E-state index is -0.837. The number of ether oxygens (including phenoxy) is 1. The Kier molecular flexibility index (Phi) is 9.43. The Balaban J connectivity index is 1.63. The third-order valence-corrected chi connectivity index (χ3v) is 6.05. The lowest BCUT2D eigenvalue weighted by Gasteiger charge is -2.14. The summed E-state index contributed by atoms with van der Waals surface area (Å²) in [7, 11) is 0. The molecule has 176 valence electrons. The van der Waals surface area contributed by atoms with Crippen LogP contribution in [0.1, 0.15) is 25.3 Å². The van der Waals surface area contributed by atoms with E-state index in [1.54, 1.807) is 24.4 Å². The SMILES string of the molecule is CC1C=NC(NSc2cc(Cl)c(Oc3ccc(Cl)cc3CCCNCCC(=O)O)cc2F)=C1. The maximum atomic E-state index is 14.7. The molecule has 1 unspecified atom stereocenters. The molecule has 2 aromatic carbocycles. The van der Waals surface area contributed by atoms with Crippen molar-refractivity contribution >= 4 is 47.3 Å². The Morgan fingerprint density at radius 2 is 2.06 bits per heavy atom. The maximum Gasteiger partial charge on any atom is 0.304 e. The molecule has 1 aliphatic rings. The first-order valence-corrected chi connectivity index (χ1v) is 12.0. The molecule has 3 rings (SSSR count). The lowest BCUT2D eigenvalue weighted by atomic mass is 10.1. The normalized spacial score (nSPS) is 14.9. The Hall–Kier alpha value is -2.26. The molecule has 1 heterocycles. The number of aryl methyl sites for hydroxylation is 1. The molecule has 0 aliphatic carbocycles. The molecule has 0 saturated carbocycles. The van der Waals surface area contributed by atoms with Gasteiger partial charge in [-0.05, 0) is 67.2 Å². The highest BCUT2D eigenvalue weighted by atomic mass is 35.5. The summed E-state index contributed by atoms with van der Waals surface area (Å²) < 4.78 is 23.6. The van der Waals surface area contributed by atoms with Crippen LogP contribution in [0, 0.1) is 11.7 Å². The molecule has 0 radical (unpaired) electrons. The van der Waals surface area contributed by atoms with Gasteiger partial charge >= 0.3 is 5.97 Å². The van der Waals surface area contributed by atoms with Crippen LogP contribution in [0.2, 0.25) is 10.0 Å². The number of carbonyl (C=O) groups is 1. The molecule has 1 atom stereocenters. The molecule has 10 heteroatoms. The second-order valence-electron chi connectivity index (χ2n) is 7.46. The highest BCUT2D eigenvalue weighted by Crippen LogP contribution is 2.37. The van der Waals surface area contributed by atoms with Crippen molar-refractivity contribution in [2.24, 2.45) is 10.9 Å². The summed E-state index contributed by atoms with van der Waals surface area (Å²) in [6.45, 7) is 3.06. The monoisotopic (exact) mass is 511 g/mol. The first-order chi connectivity index (χ1) is 15.8. The summed E-state index contributed by atoms with van der Waals surface area (Å²) in [5.41, 5.74) is 0.847. The Morgan fingerprint density at radius 3 is 2.79 bits per heavy atom. The van der Waals surface area contributed by atoms with Crippen LogP contribution in [0.5, 0.6) is 11.5 Å². The molecule has 33 heavy (non-hydrogen) atoms. The zero-order valence-corrected chi connectivity index (χ0v) is 20.2. The molecule has 1 aliphatic heterocycles. The average molecular weight is 512 g/mol. The number of carboxylic acids is 1. The number of benzene rings is 2. The zero-order chi connectivity index (χ0) is 23.8. The van der Waals surface area contributed by atoms with E-state index in [0.29, 0.717) is 41.0 Å². The minimum absolute atomic E-state index is 0.0727. The van der Waals surface area contributed by atoms with Gasteiger partial charge in [-0.1, -0.05) is 30.1 Å². The molecule has 0 bridgehead atoms. The van der Waals surface area contributed by atoms with Crippen LogP contribution in [0.15, 0.2) is 52.1 Å². The summed E-state index contributed by atoms with van der Waals surface area (Å²) in [6.07, 6.45) is 5.20. The van der Waals surface area contributed by atoms with Crippen molar-refractivity contribution in [1.82, 2.24) is 10.0 Å². The highest BCUT2D eigenvalue weighted by molar-refractivity contribution is 7.97. The third-order valence-electron chi connectivity index (χ3n) is 4.68. The summed E-state index contributed by atoms with van der Waals surface area (Å²) in [5.74, 6) is 0.340. The number of nitrogens with one attached hydrogen (secondary N) is 2. The van der Waals surface area contributed by atoms with Crippen molar-refractivity contribution in [3.05, 3.63) is 63.7 Å². The smallest absolute Gasteiger partial charge is 0.304 e. The molecule has 0 aromatic heterocycles. The van der Waals surface area contributed by atoms with Crippen LogP contribution in [-0.2, 0) is 11.2 Å². The molecule has 0 fully saturated rings. The molecule has 0 saturated heterocycles. The van der Waals surface area contributed by atoms with Crippen LogP contribution in [-0.4, -0.2) is 30.4 Å². The van der Waals surface area contributed by atoms with Gasteiger partial charge < -0.3 is 19.9 Å². The van der Waals surface area contributed by atoms with Crippen LogP contribution in [0.25, 0.3) is 0 Å². The Morgan fingerprint density at radius 1 is 1.24 bits per heavy atom. The van der Waals surface area contributed by atoms with Crippen molar-refractivity contribution in [3.63, 3.8) is 0 Å². The average Bonchev–Trinajstić information content (AvgIpc) is 3.18. The van der Waals surface area contributed by atoms with E-state index in [9.17, 15) is 9.18 Å². The fourth-order valence-corrected chi connectivity index (χ4v) is 4.18. The van der Waals surface area contributed by atoms with Gasteiger partial charge in [0.2, 0.25) is 0 Å². The first-order valence-electron chi connectivity index (χ1n) is 10.4. The van der Waals surface area contributed by atoms with Crippen LogP contribution < -0.4 is 14.8 Å². The standard InChI is InChI=1S/C23H24Cl2FN3O3S/c1-14-9-22(28-13-14)29-33-21-11-17(25)20(12-18(21)26)32-19-5-4-16(24)10-15(19)3-2-7-27-8-6-23(30)31/h4-5,9-14,27,29H,2-3,6-8H2,1H3,(H,30,31). The molecule has 0 amide bonds. The number of allylic oxidation sites excluding steroid dienone is 1. The number of hydrogen-bond donors (Lipinski definition) is 3. The number of rotatable bonds is 12. The van der Waals surface area contributed by atoms with Gasteiger partial charge in [0, 0.05) is 29.8 Å². The summed E-state index contributed by atoms with van der Waals surface area (Å²) >= 11 is 13.6. The van der Waals surface area contributed by atoms with E-state index >= 15 is 0 Å². The van der Waals surface area contributed by atoms with E-state index in [0.717, 1.165) is 23.9 Å². The first kappa shape index (κ1) is 25.4. The van der Waals surface area contributed by atoms with E-state index in [-0.39, 0.29) is 23.1 Å². The van der Waals surface area contributed by atoms with Crippen molar-refractivity contribution in [1.29, 1.82) is 0 Å². The van der Waals surface area contributed by atoms with Gasteiger partial charge in [-0.3, -0.25) is 4.79 Å². The lowest BCUT2D eigenvalue weighted by molar-refractivity contribution is -0.136. The number of aliphatic imine (C=N–C) groups is 1. The Bertz CT molecular complexity index is 1070. The predicted molar refractivity (Wildman–Crippen MR) is 131 cm³/mol. The number of nitrogens with zero attached hydrogens (tertiary/aromatic N) is 1. The van der Waals surface area contributed by atoms with Crippen LogP contribution in [0.4, 0.5) is 4.39 Å². The number of aliphatic carboxylic acids is 1. The fraction of sp³-hybridized carbons (Fsp3) is 0.304. The fourth-order valence-electron chi connectivity index (χ4n) is 3.05. The van der Waals surface area contributed by atoms with E-state index in [1.165, 1.54) is 12.1 Å². The molecule has 6 nitrogen and oxygen atoms in total. The van der Waals surface area contributed by atoms with Gasteiger partial charge in [0.05, 0.1) is 16.3 Å². The zero-order valence-electron chi connectivity index (χ0n) is 17.9. The molecule has 0 spiro atoms. The minimum Gasteiger partial charge on any atom is -0.481 e. The molecular weight excluding hydrogens is 488 g/mol. The molecule has 2 aromatic rings. The van der Waals surface area contributed by atoms with E-state index in [4.69, 9.17) is 33.0 Å². The number of hydrogen-bond acceptors (Lipinski definition) is 6. The van der Waals surface area contributed by atoms with Crippen molar-refractivity contribution < 1.29 is 19.0 Å². The van der Waals surface area contributed by atoms with E-state index in [1.807, 2.05) is 13.0 Å². The van der Waals surface area contributed by atoms with Gasteiger partial charge in [-0.2, -0.15) is 0 Å². The largest absolute Gasteiger partial charge is 0.481 e. The van der Waals surface area contributed by atoms with E-state index in [2.05, 4.69) is 15.0 Å². The summed E-state index contributed by atoms with van der Waals surface area (Å²) in [4.78, 5) is 15.1. The summed E-state index contributed by atoms with van der Waals surface area (Å²) in [6, 6.07) is 7.98.